The van der Waals surface area contributed by atoms with Crippen LogP contribution in [0.2, 0.25) is 0 Å². The number of hydrogen-bond donors (Lipinski definition) is 1. The maximum Gasteiger partial charge on any atom is 0.328 e. The molecule has 1 saturated heterocycles. The van der Waals surface area contributed by atoms with E-state index >= 15 is 0 Å². The van der Waals surface area contributed by atoms with E-state index in [9.17, 15) is 4.79 Å². The van der Waals surface area contributed by atoms with Gasteiger partial charge in [-0.15, -0.1) is 0 Å². The molecule has 1 aliphatic rings. The van der Waals surface area contributed by atoms with Crippen LogP contribution in [0.25, 0.3) is 6.08 Å². The van der Waals surface area contributed by atoms with Gasteiger partial charge >= 0.3 is 5.97 Å². The molecule has 0 atom stereocenters. The van der Waals surface area contributed by atoms with Crippen molar-refractivity contribution in [2.45, 2.75) is 12.8 Å². The Labute approximate surface area is 124 Å². The smallest absolute Gasteiger partial charge is 0.328 e. The number of likely N-dealkylation sites (tertiary alicyclic amines) is 1. The lowest BCUT2D eigenvalue weighted by atomic mass is 10.1. The number of nitrogens with zero attached hydrogens (tertiary/aromatic N) is 1. The van der Waals surface area contributed by atoms with E-state index in [1.165, 1.54) is 18.9 Å². The van der Waals surface area contributed by atoms with Crippen LogP contribution < -0.4 is 9.47 Å². The normalized spacial score (nSPS) is 15.5. The summed E-state index contributed by atoms with van der Waals surface area (Å²) >= 11 is 0. The second-order valence-electron chi connectivity index (χ2n) is 4.97. The van der Waals surface area contributed by atoms with Crippen LogP contribution in [-0.2, 0) is 4.79 Å². The number of benzene rings is 1. The summed E-state index contributed by atoms with van der Waals surface area (Å²) in [6, 6.07) is 5.39. The molecule has 2 rings (SSSR count). The minimum absolute atomic E-state index is 0.597. The first-order chi connectivity index (χ1) is 10.2. The third-order valence-corrected chi connectivity index (χ3v) is 3.49. The van der Waals surface area contributed by atoms with Gasteiger partial charge in [-0.3, -0.25) is 4.90 Å². The monoisotopic (exact) mass is 291 g/mol. The number of methoxy groups -OCH3 is 1. The van der Waals surface area contributed by atoms with Gasteiger partial charge in [0.05, 0.1) is 7.11 Å². The van der Waals surface area contributed by atoms with Crippen LogP contribution in [0.15, 0.2) is 24.3 Å². The summed E-state index contributed by atoms with van der Waals surface area (Å²) in [5, 5.41) is 8.75. The molecule has 0 bridgehead atoms. The molecule has 1 aromatic carbocycles. The molecule has 114 valence electrons. The molecule has 1 N–H and O–H groups in total. The highest BCUT2D eigenvalue weighted by atomic mass is 16.5. The van der Waals surface area contributed by atoms with Crippen LogP contribution in [0.5, 0.6) is 11.5 Å². The van der Waals surface area contributed by atoms with Gasteiger partial charge in [-0.05, 0) is 50.2 Å². The molecule has 0 saturated carbocycles. The molecule has 0 spiro atoms. The van der Waals surface area contributed by atoms with Crippen LogP contribution in [-0.4, -0.2) is 49.3 Å². The van der Waals surface area contributed by atoms with Gasteiger partial charge in [0, 0.05) is 18.2 Å². The molecule has 0 aromatic heterocycles. The molecule has 0 aliphatic carbocycles. The molecule has 5 nitrogen and oxygen atoms in total. The molecule has 1 heterocycles. The molecule has 21 heavy (non-hydrogen) atoms. The van der Waals surface area contributed by atoms with Gasteiger partial charge in [-0.2, -0.15) is 0 Å². The Morgan fingerprint density at radius 2 is 2.14 bits per heavy atom. The molecule has 0 radical (unpaired) electrons. The minimum atomic E-state index is -0.985. The van der Waals surface area contributed by atoms with E-state index in [1.54, 1.807) is 13.2 Å². The highest BCUT2D eigenvalue weighted by molar-refractivity contribution is 5.86. The predicted molar refractivity (Wildman–Crippen MR) is 80.8 cm³/mol. The Kier molecular flexibility index (Phi) is 5.63. The number of rotatable bonds is 7. The average Bonchev–Trinajstić information content (AvgIpc) is 2.99. The molecular formula is C16H21NO4. The average molecular weight is 291 g/mol. The predicted octanol–water partition coefficient (Wildman–Crippen LogP) is 2.27. The topological polar surface area (TPSA) is 59.0 Å². The lowest BCUT2D eigenvalue weighted by Crippen LogP contribution is -2.25. The molecule has 1 aliphatic heterocycles. The van der Waals surface area contributed by atoms with Crippen molar-refractivity contribution in [1.82, 2.24) is 4.90 Å². The first kappa shape index (κ1) is 15.4. The second kappa shape index (κ2) is 7.69. The lowest BCUT2D eigenvalue weighted by molar-refractivity contribution is -0.131. The van der Waals surface area contributed by atoms with Crippen molar-refractivity contribution in [3.05, 3.63) is 29.8 Å². The van der Waals surface area contributed by atoms with Crippen LogP contribution in [0, 0.1) is 0 Å². The number of hydrogen-bond acceptors (Lipinski definition) is 4. The Hall–Kier alpha value is -2.01. The first-order valence-corrected chi connectivity index (χ1v) is 7.13. The number of aliphatic carboxylic acids is 1. The highest BCUT2D eigenvalue weighted by Crippen LogP contribution is 2.25. The van der Waals surface area contributed by atoms with Gasteiger partial charge in [-0.1, -0.05) is 0 Å². The van der Waals surface area contributed by atoms with Gasteiger partial charge in [0.2, 0.25) is 0 Å². The standard InChI is InChI=1S/C16H21NO4/c1-20-14-5-6-15(13(12-14)4-7-16(18)19)21-11-10-17-8-2-3-9-17/h4-7,12H,2-3,8-11H2,1H3,(H,18,19)/b7-4+. The highest BCUT2D eigenvalue weighted by Gasteiger charge is 2.11. The molecule has 0 amide bonds. The summed E-state index contributed by atoms with van der Waals surface area (Å²) in [5.74, 6) is 0.361. The Bertz CT molecular complexity index is 507. The van der Waals surface area contributed by atoms with E-state index in [2.05, 4.69) is 4.90 Å². The largest absolute Gasteiger partial charge is 0.497 e. The van der Waals surface area contributed by atoms with Crippen molar-refractivity contribution in [1.29, 1.82) is 0 Å². The summed E-state index contributed by atoms with van der Waals surface area (Å²) in [6.45, 7) is 3.77. The third kappa shape index (κ3) is 4.79. The Balaban J connectivity index is 2.00. The maximum absolute atomic E-state index is 10.7. The van der Waals surface area contributed by atoms with E-state index in [0.29, 0.717) is 23.7 Å². The van der Waals surface area contributed by atoms with Crippen LogP contribution in [0.3, 0.4) is 0 Å². The fourth-order valence-electron chi connectivity index (χ4n) is 2.37. The van der Waals surface area contributed by atoms with Gasteiger partial charge in [-0.25, -0.2) is 4.79 Å². The van der Waals surface area contributed by atoms with Gasteiger partial charge in [0.15, 0.2) is 0 Å². The third-order valence-electron chi connectivity index (χ3n) is 3.49. The number of carbonyl (C=O) groups is 1. The summed E-state index contributed by atoms with van der Waals surface area (Å²) in [7, 11) is 1.58. The van der Waals surface area contributed by atoms with Gasteiger partial charge in [0.25, 0.3) is 0 Å². The van der Waals surface area contributed by atoms with Crippen molar-refractivity contribution in [2.24, 2.45) is 0 Å². The SMILES string of the molecule is COc1ccc(OCCN2CCCC2)c(/C=C/C(=O)O)c1. The molecule has 5 heteroatoms. The summed E-state index contributed by atoms with van der Waals surface area (Å²) in [5.41, 5.74) is 0.707. The van der Waals surface area contributed by atoms with E-state index < -0.39 is 5.97 Å². The van der Waals surface area contributed by atoms with Crippen molar-refractivity contribution >= 4 is 12.0 Å². The minimum Gasteiger partial charge on any atom is -0.497 e. The fourth-order valence-corrected chi connectivity index (χ4v) is 2.37. The Morgan fingerprint density at radius 1 is 1.38 bits per heavy atom. The lowest BCUT2D eigenvalue weighted by Gasteiger charge is -2.16. The van der Waals surface area contributed by atoms with Crippen LogP contribution in [0.1, 0.15) is 18.4 Å². The molecule has 1 aromatic rings. The van der Waals surface area contributed by atoms with Crippen molar-refractivity contribution in [3.63, 3.8) is 0 Å². The van der Waals surface area contributed by atoms with Crippen molar-refractivity contribution < 1.29 is 19.4 Å². The van der Waals surface area contributed by atoms with Crippen LogP contribution in [0.4, 0.5) is 0 Å². The number of carboxylic acids is 1. The number of carboxylic acid groups (broad SMARTS) is 1. The fraction of sp³-hybridized carbons (Fsp3) is 0.438. The summed E-state index contributed by atoms with van der Waals surface area (Å²) in [6.07, 6.45) is 5.14. The number of ether oxygens (including phenoxy) is 2. The van der Waals surface area contributed by atoms with Crippen molar-refractivity contribution in [3.8, 4) is 11.5 Å². The molecular weight excluding hydrogens is 270 g/mol. The van der Waals surface area contributed by atoms with Crippen LogP contribution >= 0.6 is 0 Å². The van der Waals surface area contributed by atoms with E-state index in [4.69, 9.17) is 14.6 Å². The first-order valence-electron chi connectivity index (χ1n) is 7.13. The van der Waals surface area contributed by atoms with Gasteiger partial charge < -0.3 is 14.6 Å². The quantitative estimate of drug-likeness (QED) is 0.781. The molecule has 0 unspecified atom stereocenters. The van der Waals surface area contributed by atoms with Crippen molar-refractivity contribution in [2.75, 3.05) is 33.4 Å². The Morgan fingerprint density at radius 3 is 2.81 bits per heavy atom. The van der Waals surface area contributed by atoms with E-state index in [0.717, 1.165) is 25.7 Å². The zero-order chi connectivity index (χ0) is 15.1. The molecule has 1 fully saturated rings. The zero-order valence-electron chi connectivity index (χ0n) is 12.2. The summed E-state index contributed by atoms with van der Waals surface area (Å²) in [4.78, 5) is 13.0. The second-order valence-corrected chi connectivity index (χ2v) is 4.97. The summed E-state index contributed by atoms with van der Waals surface area (Å²) < 4.78 is 10.9. The van der Waals surface area contributed by atoms with Gasteiger partial charge in [0.1, 0.15) is 18.1 Å². The maximum atomic E-state index is 10.7. The van der Waals surface area contributed by atoms with E-state index in [1.807, 2.05) is 12.1 Å². The zero-order valence-corrected chi connectivity index (χ0v) is 12.2. The van der Waals surface area contributed by atoms with E-state index in [-0.39, 0.29) is 0 Å².